The minimum Gasteiger partial charge on any atom is -0.323 e. The summed E-state index contributed by atoms with van der Waals surface area (Å²) in [6, 6.07) is 9.54. The van der Waals surface area contributed by atoms with Crippen LogP contribution in [0.4, 0.5) is 4.79 Å². The number of carbonyl (C=O) groups excluding carboxylic acids is 2. The second-order valence-corrected chi connectivity index (χ2v) is 6.86. The van der Waals surface area contributed by atoms with E-state index >= 15 is 0 Å². The van der Waals surface area contributed by atoms with Gasteiger partial charge in [0.25, 0.3) is 5.91 Å². The molecule has 1 aromatic carbocycles. The second kappa shape index (κ2) is 5.30. The number of aromatic nitrogens is 1. The minimum absolute atomic E-state index is 0.0731. The van der Waals surface area contributed by atoms with Gasteiger partial charge in [0.1, 0.15) is 5.54 Å². The fourth-order valence-electron chi connectivity index (χ4n) is 3.87. The summed E-state index contributed by atoms with van der Waals surface area (Å²) in [6.45, 7) is 4.21. The molecule has 1 aliphatic heterocycles. The summed E-state index contributed by atoms with van der Waals surface area (Å²) in [4.78, 5) is 31.4. The molecule has 124 valence electrons. The van der Waals surface area contributed by atoms with Crippen molar-refractivity contribution in [2.75, 3.05) is 0 Å². The summed E-state index contributed by atoms with van der Waals surface area (Å²) >= 11 is 0. The number of aryl methyl sites for hydroxylation is 1. The van der Waals surface area contributed by atoms with E-state index in [1.165, 1.54) is 4.90 Å². The van der Waals surface area contributed by atoms with E-state index in [0.717, 1.165) is 35.0 Å². The first-order valence-electron chi connectivity index (χ1n) is 8.54. The van der Waals surface area contributed by atoms with Gasteiger partial charge in [0.15, 0.2) is 0 Å². The molecule has 4 rings (SSSR count). The van der Waals surface area contributed by atoms with Gasteiger partial charge in [0, 0.05) is 11.1 Å². The third-order valence-electron chi connectivity index (χ3n) is 5.29. The van der Waals surface area contributed by atoms with E-state index in [2.05, 4.69) is 10.3 Å². The number of pyridine rings is 1. The van der Waals surface area contributed by atoms with Crippen molar-refractivity contribution >= 4 is 22.8 Å². The SMILES string of the molecule is CCC1(C2CC2)NC(=O)N(Cc2cc(C)nc3ccccc23)C1=O. The van der Waals surface area contributed by atoms with Gasteiger partial charge < -0.3 is 5.32 Å². The molecule has 1 unspecified atom stereocenters. The number of nitrogens with zero attached hydrogens (tertiary/aromatic N) is 2. The topological polar surface area (TPSA) is 62.3 Å². The highest BCUT2D eigenvalue weighted by Gasteiger charge is 2.57. The molecule has 0 bridgehead atoms. The molecule has 1 atom stereocenters. The lowest BCUT2D eigenvalue weighted by molar-refractivity contribution is -0.132. The predicted molar refractivity (Wildman–Crippen MR) is 91.3 cm³/mol. The molecule has 1 aromatic heterocycles. The van der Waals surface area contributed by atoms with Gasteiger partial charge in [0.2, 0.25) is 0 Å². The van der Waals surface area contributed by atoms with Crippen molar-refractivity contribution in [3.05, 3.63) is 41.6 Å². The Balaban J connectivity index is 1.71. The lowest BCUT2D eigenvalue weighted by Crippen LogP contribution is -2.48. The maximum absolute atomic E-state index is 13.0. The number of fused-ring (bicyclic) bond motifs is 1. The largest absolute Gasteiger partial charge is 0.325 e. The van der Waals surface area contributed by atoms with Gasteiger partial charge in [-0.25, -0.2) is 4.79 Å². The van der Waals surface area contributed by atoms with E-state index in [1.54, 1.807) is 0 Å². The number of urea groups is 1. The Morgan fingerprint density at radius 2 is 2.04 bits per heavy atom. The molecule has 2 aromatic rings. The first-order chi connectivity index (χ1) is 11.5. The molecule has 24 heavy (non-hydrogen) atoms. The highest BCUT2D eigenvalue weighted by molar-refractivity contribution is 6.07. The fraction of sp³-hybridized carbons (Fsp3) is 0.421. The van der Waals surface area contributed by atoms with Crippen LogP contribution in [0.2, 0.25) is 0 Å². The lowest BCUT2D eigenvalue weighted by Gasteiger charge is -2.25. The van der Waals surface area contributed by atoms with Gasteiger partial charge in [-0.3, -0.25) is 14.7 Å². The average molecular weight is 323 g/mol. The van der Waals surface area contributed by atoms with E-state index in [0.29, 0.717) is 18.9 Å². The van der Waals surface area contributed by atoms with Gasteiger partial charge >= 0.3 is 6.03 Å². The second-order valence-electron chi connectivity index (χ2n) is 6.86. The first kappa shape index (κ1) is 15.1. The van der Waals surface area contributed by atoms with E-state index in [9.17, 15) is 9.59 Å². The van der Waals surface area contributed by atoms with Crippen molar-refractivity contribution in [2.45, 2.75) is 45.2 Å². The number of imide groups is 1. The molecule has 2 fully saturated rings. The van der Waals surface area contributed by atoms with Crippen molar-refractivity contribution in [2.24, 2.45) is 5.92 Å². The van der Waals surface area contributed by atoms with Gasteiger partial charge in [-0.1, -0.05) is 25.1 Å². The number of benzene rings is 1. The van der Waals surface area contributed by atoms with Gasteiger partial charge in [0.05, 0.1) is 12.1 Å². The molecule has 1 N–H and O–H groups in total. The molecular weight excluding hydrogens is 302 g/mol. The van der Waals surface area contributed by atoms with Crippen LogP contribution in [0.1, 0.15) is 37.4 Å². The highest BCUT2D eigenvalue weighted by atomic mass is 16.2. The summed E-state index contributed by atoms with van der Waals surface area (Å²) in [5.74, 6) is 0.218. The highest BCUT2D eigenvalue weighted by Crippen LogP contribution is 2.45. The Kier molecular flexibility index (Phi) is 3.34. The summed E-state index contributed by atoms with van der Waals surface area (Å²) in [5, 5.41) is 3.97. The number of nitrogens with one attached hydrogen (secondary N) is 1. The zero-order valence-electron chi connectivity index (χ0n) is 14.0. The molecule has 1 saturated carbocycles. The average Bonchev–Trinajstić information content (AvgIpc) is 3.38. The Morgan fingerprint density at radius 1 is 1.29 bits per heavy atom. The van der Waals surface area contributed by atoms with Crippen LogP contribution < -0.4 is 5.32 Å². The first-order valence-corrected chi connectivity index (χ1v) is 8.54. The molecule has 3 amide bonds. The Bertz CT molecular complexity index is 844. The van der Waals surface area contributed by atoms with Crippen LogP contribution in [0.25, 0.3) is 10.9 Å². The van der Waals surface area contributed by atoms with Crippen LogP contribution in [-0.2, 0) is 11.3 Å². The third kappa shape index (κ3) is 2.19. The third-order valence-corrected chi connectivity index (χ3v) is 5.29. The monoisotopic (exact) mass is 323 g/mol. The van der Waals surface area contributed by atoms with Crippen molar-refractivity contribution < 1.29 is 9.59 Å². The van der Waals surface area contributed by atoms with E-state index in [1.807, 2.05) is 44.2 Å². The molecule has 5 heteroatoms. The van der Waals surface area contributed by atoms with E-state index in [-0.39, 0.29) is 11.9 Å². The van der Waals surface area contributed by atoms with Crippen molar-refractivity contribution in [3.63, 3.8) is 0 Å². The molecule has 1 aliphatic carbocycles. The van der Waals surface area contributed by atoms with Crippen molar-refractivity contribution in [3.8, 4) is 0 Å². The van der Waals surface area contributed by atoms with Gasteiger partial charge in [-0.05, 0) is 49.8 Å². The number of hydrogen-bond donors (Lipinski definition) is 1. The zero-order valence-corrected chi connectivity index (χ0v) is 14.0. The van der Waals surface area contributed by atoms with Crippen LogP contribution in [0.5, 0.6) is 0 Å². The van der Waals surface area contributed by atoms with E-state index < -0.39 is 5.54 Å². The van der Waals surface area contributed by atoms with Crippen LogP contribution >= 0.6 is 0 Å². The van der Waals surface area contributed by atoms with E-state index in [4.69, 9.17) is 0 Å². The van der Waals surface area contributed by atoms with Crippen molar-refractivity contribution in [1.29, 1.82) is 0 Å². The van der Waals surface area contributed by atoms with Gasteiger partial charge in [-0.15, -0.1) is 0 Å². The number of amides is 3. The molecule has 0 spiro atoms. The maximum Gasteiger partial charge on any atom is 0.325 e. The maximum atomic E-state index is 13.0. The van der Waals surface area contributed by atoms with Crippen LogP contribution in [0.3, 0.4) is 0 Å². The van der Waals surface area contributed by atoms with Crippen LogP contribution in [0, 0.1) is 12.8 Å². The summed E-state index contributed by atoms with van der Waals surface area (Å²) in [5.41, 5.74) is 2.06. The van der Waals surface area contributed by atoms with Crippen LogP contribution in [0.15, 0.2) is 30.3 Å². The number of carbonyl (C=O) groups is 2. The fourth-order valence-corrected chi connectivity index (χ4v) is 3.87. The summed E-state index contributed by atoms with van der Waals surface area (Å²) in [7, 11) is 0. The van der Waals surface area contributed by atoms with Gasteiger partial charge in [-0.2, -0.15) is 0 Å². The van der Waals surface area contributed by atoms with Crippen LogP contribution in [-0.4, -0.2) is 27.4 Å². The zero-order chi connectivity index (χ0) is 16.9. The molecule has 2 heterocycles. The Morgan fingerprint density at radius 3 is 2.75 bits per heavy atom. The Hall–Kier alpha value is -2.43. The number of rotatable bonds is 4. The molecule has 1 saturated heterocycles. The summed E-state index contributed by atoms with van der Waals surface area (Å²) in [6.07, 6.45) is 2.69. The van der Waals surface area contributed by atoms with Crippen molar-refractivity contribution in [1.82, 2.24) is 15.2 Å². The standard InChI is InChI=1S/C19H21N3O2/c1-3-19(14-8-9-14)17(23)22(18(24)21-19)11-13-10-12(2)20-16-7-5-4-6-15(13)16/h4-7,10,14H,3,8-9,11H2,1-2H3,(H,21,24). The predicted octanol–water partition coefficient (Wildman–Crippen LogP) is 3.15. The summed E-state index contributed by atoms with van der Waals surface area (Å²) < 4.78 is 0. The number of hydrogen-bond acceptors (Lipinski definition) is 3. The molecular formula is C19H21N3O2. The molecule has 2 aliphatic rings. The smallest absolute Gasteiger partial charge is 0.323 e. The Labute approximate surface area is 141 Å². The normalized spacial score (nSPS) is 23.8. The minimum atomic E-state index is -0.686. The quantitative estimate of drug-likeness (QED) is 0.879. The number of para-hydroxylation sites is 1. The lowest BCUT2D eigenvalue weighted by atomic mass is 9.90. The molecule has 5 nitrogen and oxygen atoms in total. The molecule has 0 radical (unpaired) electrons.